The van der Waals surface area contributed by atoms with Crippen molar-refractivity contribution in [3.8, 4) is 0 Å². The molecule has 11 heavy (non-hydrogen) atoms. The van der Waals surface area contributed by atoms with Crippen molar-refractivity contribution in [3.63, 3.8) is 0 Å². The molecule has 0 aliphatic carbocycles. The summed E-state index contributed by atoms with van der Waals surface area (Å²) >= 11 is 0. The lowest BCUT2D eigenvalue weighted by molar-refractivity contribution is 0.247. The van der Waals surface area contributed by atoms with Gasteiger partial charge >= 0.3 is 6.03 Å². The van der Waals surface area contributed by atoms with E-state index in [1.165, 1.54) is 0 Å². The molecule has 0 bridgehead atoms. The molecule has 0 fully saturated rings. The highest BCUT2D eigenvalue weighted by Gasteiger charge is 2.05. The van der Waals surface area contributed by atoms with Crippen LogP contribution in [0, 0.1) is 5.92 Å². The molecule has 0 aromatic rings. The number of rotatable bonds is 4. The third kappa shape index (κ3) is 7.12. The summed E-state index contributed by atoms with van der Waals surface area (Å²) in [6.07, 6.45) is 0.903. The minimum absolute atomic E-state index is 0.0162. The van der Waals surface area contributed by atoms with Gasteiger partial charge in [-0.2, -0.15) is 0 Å². The maximum Gasteiger partial charge on any atom is 0.312 e. The van der Waals surface area contributed by atoms with Crippen LogP contribution in [0.5, 0.6) is 0 Å². The van der Waals surface area contributed by atoms with Crippen LogP contribution in [0.25, 0.3) is 0 Å². The minimum Gasteiger partial charge on any atom is -0.352 e. The fraction of sp³-hybridized carbons (Fsp3) is 0.857. The maximum atomic E-state index is 10.2. The molecule has 2 amide bonds. The molecule has 4 nitrogen and oxygen atoms in total. The molecule has 0 saturated heterocycles. The normalized spacial score (nSPS) is 13.1. The van der Waals surface area contributed by atoms with Gasteiger partial charge in [0.1, 0.15) is 0 Å². The van der Waals surface area contributed by atoms with Gasteiger partial charge in [-0.25, -0.2) is 4.79 Å². The molecule has 0 aliphatic rings. The number of carbonyl (C=O) groups is 1. The first-order valence-electron chi connectivity index (χ1n) is 3.81. The number of nitrogens with one attached hydrogen (secondary N) is 1. The van der Waals surface area contributed by atoms with Crippen LogP contribution in [0.3, 0.4) is 0 Å². The second-order valence-corrected chi connectivity index (χ2v) is 3.13. The van der Waals surface area contributed by atoms with Gasteiger partial charge in [0.05, 0.1) is 0 Å². The molecule has 1 unspecified atom stereocenters. The number of carbonyl (C=O) groups excluding carboxylic acids is 1. The summed E-state index contributed by atoms with van der Waals surface area (Å²) in [4.78, 5) is 10.2. The lowest BCUT2D eigenvalue weighted by Gasteiger charge is -2.13. The number of urea groups is 1. The van der Waals surface area contributed by atoms with Crippen molar-refractivity contribution in [1.29, 1.82) is 0 Å². The van der Waals surface area contributed by atoms with Crippen molar-refractivity contribution < 1.29 is 4.79 Å². The van der Waals surface area contributed by atoms with Gasteiger partial charge in [0.25, 0.3) is 0 Å². The van der Waals surface area contributed by atoms with Gasteiger partial charge in [-0.1, -0.05) is 13.8 Å². The van der Waals surface area contributed by atoms with E-state index in [0.29, 0.717) is 12.5 Å². The molecular weight excluding hydrogens is 142 g/mol. The largest absolute Gasteiger partial charge is 0.352 e. The van der Waals surface area contributed by atoms with Gasteiger partial charge in [-0.05, 0) is 12.3 Å². The Morgan fingerprint density at radius 2 is 2.09 bits per heavy atom. The first-order chi connectivity index (χ1) is 5.02. The summed E-state index contributed by atoms with van der Waals surface area (Å²) in [6.45, 7) is 4.64. The molecule has 4 heteroatoms. The number of hydrogen-bond donors (Lipinski definition) is 3. The zero-order valence-electron chi connectivity index (χ0n) is 7.13. The second kappa shape index (κ2) is 4.96. The Hall–Kier alpha value is -0.770. The van der Waals surface area contributed by atoms with E-state index in [9.17, 15) is 4.79 Å². The zero-order chi connectivity index (χ0) is 8.85. The quantitative estimate of drug-likeness (QED) is 0.541. The highest BCUT2D eigenvalue weighted by molar-refractivity contribution is 5.71. The molecule has 0 aromatic carbocycles. The van der Waals surface area contributed by atoms with Crippen LogP contribution >= 0.6 is 0 Å². The van der Waals surface area contributed by atoms with E-state index in [0.717, 1.165) is 6.42 Å². The Bertz CT molecular complexity index is 125. The van der Waals surface area contributed by atoms with Gasteiger partial charge in [-0.15, -0.1) is 0 Å². The molecule has 5 N–H and O–H groups in total. The topological polar surface area (TPSA) is 81.1 Å². The number of primary amides is 1. The molecule has 0 spiro atoms. The van der Waals surface area contributed by atoms with Gasteiger partial charge in [0.15, 0.2) is 0 Å². The minimum atomic E-state index is -0.510. The van der Waals surface area contributed by atoms with Crippen molar-refractivity contribution in [3.05, 3.63) is 0 Å². The van der Waals surface area contributed by atoms with Crippen LogP contribution in [0.2, 0.25) is 0 Å². The van der Waals surface area contributed by atoms with Crippen molar-refractivity contribution >= 4 is 6.03 Å². The molecule has 0 heterocycles. The summed E-state index contributed by atoms with van der Waals surface area (Å²) in [5, 5.41) is 2.46. The Balaban J connectivity index is 3.37. The van der Waals surface area contributed by atoms with E-state index >= 15 is 0 Å². The van der Waals surface area contributed by atoms with E-state index in [1.54, 1.807) is 0 Å². The lowest BCUT2D eigenvalue weighted by Crippen LogP contribution is -2.40. The monoisotopic (exact) mass is 159 g/mol. The summed E-state index contributed by atoms with van der Waals surface area (Å²) in [6, 6.07) is -0.494. The number of amides is 2. The zero-order valence-corrected chi connectivity index (χ0v) is 7.13. The van der Waals surface area contributed by atoms with Crippen LogP contribution in [-0.4, -0.2) is 18.6 Å². The van der Waals surface area contributed by atoms with E-state index in [1.807, 2.05) is 0 Å². The predicted molar refractivity (Wildman–Crippen MR) is 45.0 cm³/mol. The second-order valence-electron chi connectivity index (χ2n) is 3.13. The van der Waals surface area contributed by atoms with Gasteiger partial charge in [0.2, 0.25) is 0 Å². The first-order valence-corrected chi connectivity index (χ1v) is 3.81. The van der Waals surface area contributed by atoms with Crippen molar-refractivity contribution in [1.82, 2.24) is 5.32 Å². The molecule has 0 saturated carbocycles. The average molecular weight is 159 g/mol. The van der Waals surface area contributed by atoms with Crippen LogP contribution in [0.1, 0.15) is 20.3 Å². The Kier molecular flexibility index (Phi) is 4.61. The fourth-order valence-corrected chi connectivity index (χ4v) is 0.921. The highest BCUT2D eigenvalue weighted by atomic mass is 16.2. The third-order valence-corrected chi connectivity index (χ3v) is 1.31. The Labute approximate surface area is 67.3 Å². The SMILES string of the molecule is CC(C)CC(N)CNC(N)=O. The number of hydrogen-bond acceptors (Lipinski definition) is 2. The van der Waals surface area contributed by atoms with E-state index in [2.05, 4.69) is 19.2 Å². The van der Waals surface area contributed by atoms with Crippen molar-refractivity contribution in [2.45, 2.75) is 26.3 Å². The Morgan fingerprint density at radius 1 is 1.55 bits per heavy atom. The maximum absolute atomic E-state index is 10.2. The standard InChI is InChI=1S/C7H17N3O/c1-5(2)3-6(8)4-10-7(9)11/h5-6H,3-4,8H2,1-2H3,(H3,9,10,11). The molecule has 66 valence electrons. The van der Waals surface area contributed by atoms with Crippen LogP contribution in [0.15, 0.2) is 0 Å². The average Bonchev–Trinajstić information content (AvgIpc) is 1.82. The molecular formula is C7H17N3O. The molecule has 0 rings (SSSR count). The van der Waals surface area contributed by atoms with Crippen LogP contribution < -0.4 is 16.8 Å². The third-order valence-electron chi connectivity index (χ3n) is 1.31. The fourth-order valence-electron chi connectivity index (χ4n) is 0.921. The summed E-state index contributed by atoms with van der Waals surface area (Å²) < 4.78 is 0. The van der Waals surface area contributed by atoms with Crippen LogP contribution in [-0.2, 0) is 0 Å². The summed E-state index contributed by atoms with van der Waals surface area (Å²) in [7, 11) is 0. The van der Waals surface area contributed by atoms with Crippen molar-refractivity contribution in [2.75, 3.05) is 6.54 Å². The molecule has 0 aliphatic heterocycles. The summed E-state index contributed by atoms with van der Waals surface area (Å²) in [5.74, 6) is 0.555. The van der Waals surface area contributed by atoms with Gasteiger partial charge in [0, 0.05) is 12.6 Å². The highest BCUT2D eigenvalue weighted by Crippen LogP contribution is 2.00. The van der Waals surface area contributed by atoms with Crippen LogP contribution in [0.4, 0.5) is 4.79 Å². The smallest absolute Gasteiger partial charge is 0.312 e. The molecule has 0 aromatic heterocycles. The predicted octanol–water partition coefficient (Wildman–Crippen LogP) is 0.0281. The van der Waals surface area contributed by atoms with E-state index < -0.39 is 6.03 Å². The van der Waals surface area contributed by atoms with E-state index in [-0.39, 0.29) is 6.04 Å². The van der Waals surface area contributed by atoms with Gasteiger partial charge < -0.3 is 16.8 Å². The molecule has 1 atom stereocenters. The van der Waals surface area contributed by atoms with E-state index in [4.69, 9.17) is 11.5 Å². The first kappa shape index (κ1) is 10.2. The Morgan fingerprint density at radius 3 is 2.45 bits per heavy atom. The van der Waals surface area contributed by atoms with Gasteiger partial charge in [-0.3, -0.25) is 0 Å². The lowest BCUT2D eigenvalue weighted by atomic mass is 10.0. The van der Waals surface area contributed by atoms with Crippen molar-refractivity contribution in [2.24, 2.45) is 17.4 Å². The molecule has 0 radical (unpaired) electrons. The summed E-state index contributed by atoms with van der Waals surface area (Å²) in [5.41, 5.74) is 10.5. The number of nitrogens with two attached hydrogens (primary N) is 2.